The van der Waals surface area contributed by atoms with E-state index in [1.54, 1.807) is 17.6 Å². The summed E-state index contributed by atoms with van der Waals surface area (Å²) in [5.74, 6) is 1.15. The van der Waals surface area contributed by atoms with Gasteiger partial charge in [-0.2, -0.15) is 0 Å². The Kier molecular flexibility index (Phi) is 4.03. The highest BCUT2D eigenvalue weighted by Gasteiger charge is 2.70. The number of H-pyrrole nitrogens is 1. The fraction of sp³-hybridized carbons (Fsp3) is 0.375. The Morgan fingerprint density at radius 3 is 2.56 bits per heavy atom. The van der Waals surface area contributed by atoms with Crippen LogP contribution in [0.25, 0.3) is 0 Å². The molecule has 3 fully saturated rings. The minimum atomic E-state index is -0.235. The van der Waals surface area contributed by atoms with Crippen LogP contribution in [0.15, 0.2) is 52.1 Å². The maximum atomic E-state index is 13.6. The van der Waals surface area contributed by atoms with E-state index in [1.807, 2.05) is 55.1 Å². The first-order valence-corrected chi connectivity index (χ1v) is 13.0. The summed E-state index contributed by atoms with van der Waals surface area (Å²) in [6.45, 7) is 2.01. The van der Waals surface area contributed by atoms with Gasteiger partial charge in [-0.3, -0.25) is 14.5 Å². The molecule has 2 aromatic heterocycles. The number of hydrogen-bond acceptors (Lipinski definition) is 6. The van der Waals surface area contributed by atoms with Gasteiger partial charge in [-0.25, -0.2) is 0 Å². The van der Waals surface area contributed by atoms with Crippen LogP contribution in [0.3, 0.4) is 0 Å². The zero-order chi connectivity index (χ0) is 21.7. The van der Waals surface area contributed by atoms with Crippen LogP contribution in [0.5, 0.6) is 0 Å². The number of amides is 2. The van der Waals surface area contributed by atoms with Gasteiger partial charge < -0.3 is 9.40 Å². The molecule has 1 saturated heterocycles. The number of fused-ring (bicyclic) bond motifs is 9. The van der Waals surface area contributed by atoms with Crippen LogP contribution < -0.4 is 4.90 Å². The van der Waals surface area contributed by atoms with E-state index < -0.39 is 0 Å². The van der Waals surface area contributed by atoms with Gasteiger partial charge in [-0.1, -0.05) is 17.7 Å². The molecule has 7 rings (SSSR count). The van der Waals surface area contributed by atoms with Crippen molar-refractivity contribution in [1.29, 1.82) is 0 Å². The average Bonchev–Trinajstić information content (AvgIpc) is 3.57. The van der Waals surface area contributed by atoms with E-state index in [0.29, 0.717) is 5.69 Å². The second-order valence-corrected chi connectivity index (χ2v) is 12.2. The summed E-state index contributed by atoms with van der Waals surface area (Å²) in [6, 6.07) is 11.7. The molecule has 32 heavy (non-hydrogen) atoms. The maximum absolute atomic E-state index is 13.6. The monoisotopic (exact) mass is 480 g/mol. The lowest BCUT2D eigenvalue weighted by Gasteiger charge is -2.42. The van der Waals surface area contributed by atoms with E-state index in [1.165, 1.54) is 9.78 Å². The molecule has 5 nitrogen and oxygen atoms in total. The predicted molar refractivity (Wildman–Crippen MR) is 125 cm³/mol. The van der Waals surface area contributed by atoms with Gasteiger partial charge in [-0.15, -0.1) is 23.1 Å². The van der Waals surface area contributed by atoms with Gasteiger partial charge >= 0.3 is 0 Å². The zero-order valence-corrected chi connectivity index (χ0v) is 19.6. The summed E-state index contributed by atoms with van der Waals surface area (Å²) in [5.41, 5.74) is 1.81. The molecule has 1 N–H and O–H groups in total. The van der Waals surface area contributed by atoms with Gasteiger partial charge in [0.1, 0.15) is 5.76 Å². The number of aromatic amines is 1. The van der Waals surface area contributed by atoms with E-state index in [9.17, 15) is 9.59 Å². The second-order valence-electron chi connectivity index (χ2n) is 9.32. The highest BCUT2D eigenvalue weighted by Crippen LogP contribution is 2.68. The number of nitrogens with one attached hydrogen (secondary N) is 1. The van der Waals surface area contributed by atoms with Crippen molar-refractivity contribution in [1.82, 2.24) is 4.98 Å². The number of rotatable bonds is 2. The van der Waals surface area contributed by atoms with Gasteiger partial charge in [0.25, 0.3) is 0 Å². The fourth-order valence-electron chi connectivity index (χ4n) is 6.75. The molecule has 2 bridgehead atoms. The van der Waals surface area contributed by atoms with Crippen LogP contribution in [-0.2, 0) is 9.59 Å². The van der Waals surface area contributed by atoms with E-state index in [4.69, 9.17) is 16.6 Å². The molecule has 2 aliphatic heterocycles. The maximum Gasteiger partial charge on any atom is 0.238 e. The number of thioether (sulfide) groups is 1. The van der Waals surface area contributed by atoms with Crippen molar-refractivity contribution in [2.75, 3.05) is 4.90 Å². The number of carbonyl (C=O) groups is 2. The van der Waals surface area contributed by atoms with Crippen molar-refractivity contribution in [3.63, 3.8) is 0 Å². The van der Waals surface area contributed by atoms with Crippen molar-refractivity contribution in [2.45, 2.75) is 29.5 Å². The topological polar surface area (TPSA) is 66.3 Å². The van der Waals surface area contributed by atoms with Gasteiger partial charge in [0.05, 0.1) is 34.7 Å². The minimum absolute atomic E-state index is 0.0194. The summed E-state index contributed by atoms with van der Waals surface area (Å²) < 4.78 is 6.67. The third kappa shape index (κ3) is 2.43. The fourth-order valence-corrected chi connectivity index (χ4v) is 10.1. The number of thiazole rings is 1. The molecule has 8 heteroatoms. The molecule has 2 amide bonds. The van der Waals surface area contributed by atoms with Gasteiger partial charge in [-0.05, 0) is 67.6 Å². The Morgan fingerprint density at radius 1 is 1.09 bits per heavy atom. The first kappa shape index (κ1) is 19.3. The van der Waals surface area contributed by atoms with Crippen LogP contribution in [0.2, 0.25) is 0 Å². The van der Waals surface area contributed by atoms with E-state index in [2.05, 4.69) is 4.98 Å². The van der Waals surface area contributed by atoms with Gasteiger partial charge in [0.2, 0.25) is 11.8 Å². The van der Waals surface area contributed by atoms with Crippen LogP contribution in [0.1, 0.15) is 28.5 Å². The molecular weight excluding hydrogens is 460 g/mol. The summed E-state index contributed by atoms with van der Waals surface area (Å²) in [5, 5.41) is 1.39. The molecule has 4 aliphatic rings. The molecule has 1 aromatic carbocycles. The van der Waals surface area contributed by atoms with Crippen molar-refractivity contribution < 1.29 is 14.0 Å². The van der Waals surface area contributed by atoms with E-state index >= 15 is 0 Å². The lowest BCUT2D eigenvalue weighted by atomic mass is 9.69. The lowest BCUT2D eigenvalue weighted by Crippen LogP contribution is -2.42. The molecule has 4 heterocycles. The number of hydrogen-bond donors (Lipinski definition) is 1. The zero-order valence-electron chi connectivity index (χ0n) is 17.2. The van der Waals surface area contributed by atoms with Crippen molar-refractivity contribution in [3.8, 4) is 0 Å². The third-order valence-corrected chi connectivity index (χ3v) is 10.8. The number of aryl methyl sites for hydroxylation is 1. The molecule has 7 unspecified atom stereocenters. The Balaban J connectivity index is 1.32. The van der Waals surface area contributed by atoms with Crippen molar-refractivity contribution >= 4 is 52.8 Å². The quantitative estimate of drug-likeness (QED) is 0.394. The molecule has 2 saturated carbocycles. The van der Waals surface area contributed by atoms with Crippen molar-refractivity contribution in [2.24, 2.45) is 29.6 Å². The van der Waals surface area contributed by atoms with Gasteiger partial charge in [0, 0.05) is 10.1 Å². The number of benzene rings is 1. The molecular formula is C24H20N2O3S3. The van der Waals surface area contributed by atoms with Gasteiger partial charge in [0.15, 0.2) is 3.95 Å². The summed E-state index contributed by atoms with van der Waals surface area (Å²) >= 11 is 8.91. The Morgan fingerprint density at radius 2 is 1.84 bits per heavy atom. The summed E-state index contributed by atoms with van der Waals surface area (Å²) in [7, 11) is 0. The number of carbonyl (C=O) groups excluding carboxylic acids is 2. The number of nitrogens with zero attached hydrogens (tertiary/aromatic N) is 1. The molecule has 0 spiro atoms. The standard InChI is InChI=1S/C24H20N2O3S3/c1-10-4-6-11(7-5-10)26-22(27)16-12-9-13(17(16)23(26)28)19-15(12)18(14-3-2-8-29-14)20-21(31-19)25-24(30)32-20/h2-8,12-13,15-19H,9H2,1H3,(H,25,30). The SMILES string of the molecule is Cc1ccc(N2C(=O)C3C4CC(C3C2=O)C2C(c3ccco3)c3sc(=S)[nH]c3SC42)cc1. The molecule has 7 atom stereocenters. The van der Waals surface area contributed by atoms with E-state index in [-0.39, 0.29) is 52.6 Å². The average molecular weight is 481 g/mol. The summed E-state index contributed by atoms with van der Waals surface area (Å²) in [4.78, 5) is 33.3. The Labute approximate surface area is 198 Å². The smallest absolute Gasteiger partial charge is 0.238 e. The number of aromatic nitrogens is 1. The molecule has 3 aromatic rings. The Hall–Kier alpha value is -2.16. The summed E-state index contributed by atoms with van der Waals surface area (Å²) in [6.07, 6.45) is 2.65. The molecule has 2 aliphatic carbocycles. The normalized spacial score (nSPS) is 34.7. The van der Waals surface area contributed by atoms with Crippen LogP contribution in [0.4, 0.5) is 5.69 Å². The number of imide groups is 1. The van der Waals surface area contributed by atoms with Crippen LogP contribution in [-0.4, -0.2) is 22.0 Å². The first-order chi connectivity index (χ1) is 15.5. The highest BCUT2D eigenvalue weighted by molar-refractivity contribution is 8.00. The number of furan rings is 1. The van der Waals surface area contributed by atoms with Crippen LogP contribution >= 0.6 is 35.3 Å². The first-order valence-electron chi connectivity index (χ1n) is 10.9. The lowest BCUT2D eigenvalue weighted by molar-refractivity contribution is -0.123. The van der Waals surface area contributed by atoms with Crippen LogP contribution in [0, 0.1) is 40.5 Å². The molecule has 0 radical (unpaired) electrons. The molecule has 162 valence electrons. The highest BCUT2D eigenvalue weighted by atomic mass is 32.2. The second kappa shape index (κ2) is 6.68. The Bertz CT molecular complexity index is 1310. The van der Waals surface area contributed by atoms with Crippen molar-refractivity contribution in [3.05, 3.63) is 62.8 Å². The predicted octanol–water partition coefficient (Wildman–Crippen LogP) is 5.39. The third-order valence-electron chi connectivity index (χ3n) is 7.87. The van der Waals surface area contributed by atoms with E-state index in [0.717, 1.165) is 26.7 Å². The largest absolute Gasteiger partial charge is 0.469 e. The number of anilines is 1. The minimum Gasteiger partial charge on any atom is -0.469 e.